The lowest BCUT2D eigenvalue weighted by molar-refractivity contribution is 0.126. The second-order valence-electron chi connectivity index (χ2n) is 6.02. The predicted octanol–water partition coefficient (Wildman–Crippen LogP) is 2.50. The van der Waals surface area contributed by atoms with Crippen molar-refractivity contribution in [3.63, 3.8) is 0 Å². The van der Waals surface area contributed by atoms with E-state index < -0.39 is 0 Å². The van der Waals surface area contributed by atoms with Gasteiger partial charge in [-0.15, -0.1) is 0 Å². The highest BCUT2D eigenvalue weighted by Crippen LogP contribution is 2.23. The van der Waals surface area contributed by atoms with Gasteiger partial charge in [-0.05, 0) is 77.0 Å². The van der Waals surface area contributed by atoms with Gasteiger partial charge in [0.1, 0.15) is 0 Å². The van der Waals surface area contributed by atoms with Gasteiger partial charge in [0.15, 0.2) is 0 Å². The van der Waals surface area contributed by atoms with Crippen LogP contribution in [0, 0.1) is 11.8 Å². The van der Waals surface area contributed by atoms with E-state index in [2.05, 4.69) is 24.1 Å². The molecule has 0 saturated carbocycles. The molecule has 1 N–H and O–H groups in total. The van der Waals surface area contributed by atoms with Gasteiger partial charge in [-0.3, -0.25) is 0 Å². The van der Waals surface area contributed by atoms with E-state index in [-0.39, 0.29) is 0 Å². The summed E-state index contributed by atoms with van der Waals surface area (Å²) in [6.45, 7) is 10.0. The van der Waals surface area contributed by atoms with Crippen LogP contribution in [0.5, 0.6) is 0 Å². The van der Waals surface area contributed by atoms with Gasteiger partial charge in [0.2, 0.25) is 0 Å². The Balaban J connectivity index is 1.61. The monoisotopic (exact) mass is 224 g/mol. The van der Waals surface area contributed by atoms with Crippen LogP contribution in [0.3, 0.4) is 0 Å². The smallest absolute Gasteiger partial charge is 0.00694 e. The normalized spacial score (nSPS) is 36.8. The third-order valence-corrected chi connectivity index (χ3v) is 4.50. The van der Waals surface area contributed by atoms with E-state index in [9.17, 15) is 0 Å². The molecule has 2 heteroatoms. The van der Waals surface area contributed by atoms with Crippen molar-refractivity contribution in [2.45, 2.75) is 52.0 Å². The van der Waals surface area contributed by atoms with E-state index in [1.54, 1.807) is 0 Å². The lowest BCUT2D eigenvalue weighted by atomic mass is 9.93. The first kappa shape index (κ1) is 12.4. The van der Waals surface area contributed by atoms with E-state index in [0.717, 1.165) is 17.9 Å². The lowest BCUT2D eigenvalue weighted by Crippen LogP contribution is -2.40. The number of hydrogen-bond acceptors (Lipinski definition) is 2. The summed E-state index contributed by atoms with van der Waals surface area (Å²) >= 11 is 0. The molecular weight excluding hydrogens is 196 g/mol. The Bertz CT molecular complexity index is 199. The molecule has 3 unspecified atom stereocenters. The van der Waals surface area contributed by atoms with E-state index in [4.69, 9.17) is 0 Å². The molecule has 0 radical (unpaired) electrons. The Morgan fingerprint density at radius 1 is 1.25 bits per heavy atom. The van der Waals surface area contributed by atoms with Crippen molar-refractivity contribution in [2.75, 3.05) is 26.2 Å². The third-order valence-electron chi connectivity index (χ3n) is 4.50. The largest absolute Gasteiger partial charge is 0.316 e. The third kappa shape index (κ3) is 3.46. The van der Waals surface area contributed by atoms with E-state index >= 15 is 0 Å². The molecule has 2 heterocycles. The minimum Gasteiger partial charge on any atom is -0.316 e. The molecule has 0 bridgehead atoms. The Morgan fingerprint density at radius 3 is 2.81 bits per heavy atom. The van der Waals surface area contributed by atoms with Crippen LogP contribution in [0.25, 0.3) is 0 Å². The summed E-state index contributed by atoms with van der Waals surface area (Å²) in [4.78, 5) is 2.71. The zero-order chi connectivity index (χ0) is 11.4. The fraction of sp³-hybridized carbons (Fsp3) is 1.00. The van der Waals surface area contributed by atoms with Crippen molar-refractivity contribution >= 4 is 0 Å². The van der Waals surface area contributed by atoms with Gasteiger partial charge in [-0.2, -0.15) is 0 Å². The van der Waals surface area contributed by atoms with Gasteiger partial charge in [0.25, 0.3) is 0 Å². The second-order valence-corrected chi connectivity index (χ2v) is 6.02. The SMILES string of the molecule is CC1CCN(CCCC2CCNC2)C(C)C1. The molecule has 2 fully saturated rings. The van der Waals surface area contributed by atoms with Crippen LogP contribution in [0.2, 0.25) is 0 Å². The molecule has 16 heavy (non-hydrogen) atoms. The molecular formula is C14H28N2. The van der Waals surface area contributed by atoms with Crippen LogP contribution in [0.1, 0.15) is 46.0 Å². The van der Waals surface area contributed by atoms with E-state index in [1.807, 2.05) is 0 Å². The van der Waals surface area contributed by atoms with Gasteiger partial charge < -0.3 is 10.2 Å². The molecule has 3 atom stereocenters. The van der Waals surface area contributed by atoms with Gasteiger partial charge in [0, 0.05) is 6.04 Å². The molecule has 0 amide bonds. The van der Waals surface area contributed by atoms with E-state index in [0.29, 0.717) is 0 Å². The summed E-state index contributed by atoms with van der Waals surface area (Å²) in [5, 5.41) is 3.46. The zero-order valence-corrected chi connectivity index (χ0v) is 11.0. The Labute approximate surface area is 101 Å². The van der Waals surface area contributed by atoms with E-state index in [1.165, 1.54) is 58.3 Å². The second kappa shape index (κ2) is 6.02. The fourth-order valence-corrected chi connectivity index (χ4v) is 3.33. The Kier molecular flexibility index (Phi) is 4.66. The summed E-state index contributed by atoms with van der Waals surface area (Å²) in [5.41, 5.74) is 0. The lowest BCUT2D eigenvalue weighted by Gasteiger charge is -2.36. The van der Waals surface area contributed by atoms with Gasteiger partial charge in [-0.1, -0.05) is 6.92 Å². The molecule has 2 nitrogen and oxygen atoms in total. The van der Waals surface area contributed by atoms with Crippen molar-refractivity contribution in [2.24, 2.45) is 11.8 Å². The number of likely N-dealkylation sites (tertiary alicyclic amines) is 1. The van der Waals surface area contributed by atoms with Gasteiger partial charge in [-0.25, -0.2) is 0 Å². The van der Waals surface area contributed by atoms with Crippen LogP contribution in [-0.2, 0) is 0 Å². The molecule has 0 aromatic heterocycles. The number of nitrogens with zero attached hydrogens (tertiary/aromatic N) is 1. The molecule has 2 saturated heterocycles. The van der Waals surface area contributed by atoms with Crippen LogP contribution in [-0.4, -0.2) is 37.1 Å². The summed E-state index contributed by atoms with van der Waals surface area (Å²) in [5.74, 6) is 1.92. The minimum absolute atomic E-state index is 0.824. The van der Waals surface area contributed by atoms with Crippen LogP contribution in [0.4, 0.5) is 0 Å². The molecule has 0 spiro atoms. The standard InChI is InChI=1S/C14H28N2/c1-12-6-9-16(13(2)10-12)8-3-4-14-5-7-15-11-14/h12-15H,3-11H2,1-2H3. The summed E-state index contributed by atoms with van der Waals surface area (Å²) in [6, 6.07) is 0.824. The van der Waals surface area contributed by atoms with Crippen LogP contribution >= 0.6 is 0 Å². The first-order valence-corrected chi connectivity index (χ1v) is 7.20. The van der Waals surface area contributed by atoms with Crippen molar-refractivity contribution in [1.29, 1.82) is 0 Å². The maximum atomic E-state index is 3.46. The van der Waals surface area contributed by atoms with Crippen molar-refractivity contribution < 1.29 is 0 Å². The van der Waals surface area contributed by atoms with Gasteiger partial charge >= 0.3 is 0 Å². The quantitative estimate of drug-likeness (QED) is 0.789. The summed E-state index contributed by atoms with van der Waals surface area (Å²) in [7, 11) is 0. The highest BCUT2D eigenvalue weighted by molar-refractivity contribution is 4.78. The zero-order valence-electron chi connectivity index (χ0n) is 11.0. The summed E-state index contributed by atoms with van der Waals surface area (Å²) < 4.78 is 0. The fourth-order valence-electron chi connectivity index (χ4n) is 3.33. The minimum atomic E-state index is 0.824. The topological polar surface area (TPSA) is 15.3 Å². The molecule has 2 aliphatic heterocycles. The number of rotatable bonds is 4. The Hall–Kier alpha value is -0.0800. The van der Waals surface area contributed by atoms with Crippen LogP contribution < -0.4 is 5.32 Å². The number of piperidine rings is 1. The average Bonchev–Trinajstić information content (AvgIpc) is 2.74. The van der Waals surface area contributed by atoms with Crippen molar-refractivity contribution in [3.8, 4) is 0 Å². The highest BCUT2D eigenvalue weighted by Gasteiger charge is 2.22. The molecule has 2 aliphatic rings. The first-order chi connectivity index (χ1) is 7.75. The predicted molar refractivity (Wildman–Crippen MR) is 69.6 cm³/mol. The number of nitrogens with one attached hydrogen (secondary N) is 1. The Morgan fingerprint density at radius 2 is 2.12 bits per heavy atom. The molecule has 94 valence electrons. The maximum Gasteiger partial charge on any atom is 0.00694 e. The van der Waals surface area contributed by atoms with Crippen molar-refractivity contribution in [1.82, 2.24) is 10.2 Å². The molecule has 2 rings (SSSR count). The van der Waals surface area contributed by atoms with Crippen molar-refractivity contribution in [3.05, 3.63) is 0 Å². The summed E-state index contributed by atoms with van der Waals surface area (Å²) in [6.07, 6.45) is 7.07. The molecule has 0 aromatic carbocycles. The molecule has 0 aromatic rings. The van der Waals surface area contributed by atoms with Crippen LogP contribution in [0.15, 0.2) is 0 Å². The first-order valence-electron chi connectivity index (χ1n) is 7.20. The highest BCUT2D eigenvalue weighted by atomic mass is 15.2. The number of hydrogen-bond donors (Lipinski definition) is 1. The molecule has 0 aliphatic carbocycles. The average molecular weight is 224 g/mol. The van der Waals surface area contributed by atoms with Gasteiger partial charge in [0.05, 0.1) is 0 Å². The maximum absolute atomic E-state index is 3.46.